The number of aromatic nitrogens is 4. The molecule has 3 aromatic rings. The summed E-state index contributed by atoms with van der Waals surface area (Å²) in [5.41, 5.74) is 1.88. The Balaban J connectivity index is 1.63. The Morgan fingerprint density at radius 3 is 3.00 bits per heavy atom. The van der Waals surface area contributed by atoms with Gasteiger partial charge in [0.2, 0.25) is 5.91 Å². The lowest BCUT2D eigenvalue weighted by Crippen LogP contribution is -2.22. The lowest BCUT2D eigenvalue weighted by Gasteiger charge is -2.10. The SMILES string of the molecule is C=CCn1cnnc1SC(C)C(=O)Nc1nc(-c2ccccc2)cs1. The van der Waals surface area contributed by atoms with Gasteiger partial charge in [-0.15, -0.1) is 28.1 Å². The van der Waals surface area contributed by atoms with Crippen LogP contribution in [0.1, 0.15) is 6.92 Å². The van der Waals surface area contributed by atoms with Crippen LogP contribution < -0.4 is 5.32 Å². The molecule has 0 saturated heterocycles. The fourth-order valence-corrected chi connectivity index (χ4v) is 3.65. The van der Waals surface area contributed by atoms with Crippen molar-refractivity contribution in [1.29, 1.82) is 0 Å². The van der Waals surface area contributed by atoms with Gasteiger partial charge in [0.05, 0.1) is 10.9 Å². The Bertz CT molecular complexity index is 859. The number of allylic oxidation sites excluding steroid dienone is 1. The molecule has 25 heavy (non-hydrogen) atoms. The van der Waals surface area contributed by atoms with E-state index in [-0.39, 0.29) is 11.2 Å². The summed E-state index contributed by atoms with van der Waals surface area (Å²) in [6, 6.07) is 9.87. The molecule has 0 radical (unpaired) electrons. The zero-order valence-corrected chi connectivity index (χ0v) is 15.3. The van der Waals surface area contributed by atoms with E-state index in [1.807, 2.05) is 47.2 Å². The Morgan fingerprint density at radius 1 is 1.44 bits per heavy atom. The molecular formula is C17H17N5OS2. The number of rotatable bonds is 7. The second-order valence-electron chi connectivity index (χ2n) is 5.21. The lowest BCUT2D eigenvalue weighted by molar-refractivity contribution is -0.115. The molecule has 6 nitrogen and oxygen atoms in total. The number of anilines is 1. The van der Waals surface area contributed by atoms with Crippen molar-refractivity contribution in [3.8, 4) is 11.3 Å². The van der Waals surface area contributed by atoms with E-state index in [2.05, 4.69) is 27.1 Å². The summed E-state index contributed by atoms with van der Waals surface area (Å²) in [6.07, 6.45) is 3.39. The normalized spacial score (nSPS) is 11.9. The zero-order valence-electron chi connectivity index (χ0n) is 13.6. The summed E-state index contributed by atoms with van der Waals surface area (Å²) in [6.45, 7) is 6.14. The van der Waals surface area contributed by atoms with Gasteiger partial charge in [-0.25, -0.2) is 4.98 Å². The first kappa shape index (κ1) is 17.4. The number of thioether (sulfide) groups is 1. The van der Waals surface area contributed by atoms with Crippen molar-refractivity contribution >= 4 is 34.1 Å². The molecule has 1 unspecified atom stereocenters. The molecule has 0 aliphatic rings. The van der Waals surface area contributed by atoms with Gasteiger partial charge in [-0.2, -0.15) is 0 Å². The highest BCUT2D eigenvalue weighted by Gasteiger charge is 2.19. The summed E-state index contributed by atoms with van der Waals surface area (Å²) in [7, 11) is 0. The predicted octanol–water partition coefficient (Wildman–Crippen LogP) is 3.71. The van der Waals surface area contributed by atoms with Crippen molar-refractivity contribution in [2.24, 2.45) is 0 Å². The molecule has 1 amide bonds. The average molecular weight is 371 g/mol. The second-order valence-corrected chi connectivity index (χ2v) is 7.37. The maximum Gasteiger partial charge on any atom is 0.239 e. The highest BCUT2D eigenvalue weighted by molar-refractivity contribution is 8.00. The van der Waals surface area contributed by atoms with E-state index in [1.165, 1.54) is 23.1 Å². The van der Waals surface area contributed by atoms with E-state index in [9.17, 15) is 4.79 Å². The van der Waals surface area contributed by atoms with Crippen molar-refractivity contribution < 1.29 is 4.79 Å². The standard InChI is InChI=1S/C17H17N5OS2/c1-3-9-22-11-18-21-17(22)25-12(2)15(23)20-16-19-14(10-24-16)13-7-5-4-6-8-13/h3-8,10-12H,1,9H2,2H3,(H,19,20,23). The molecule has 1 atom stereocenters. The van der Waals surface area contributed by atoms with E-state index < -0.39 is 0 Å². The third-order valence-corrected chi connectivity index (χ3v) is 5.21. The molecule has 0 saturated carbocycles. The van der Waals surface area contributed by atoms with Crippen LogP contribution in [0.3, 0.4) is 0 Å². The molecule has 0 fully saturated rings. The summed E-state index contributed by atoms with van der Waals surface area (Å²) in [4.78, 5) is 16.9. The molecule has 2 aromatic heterocycles. The summed E-state index contributed by atoms with van der Waals surface area (Å²) >= 11 is 2.76. The zero-order chi connectivity index (χ0) is 17.6. The fourth-order valence-electron chi connectivity index (χ4n) is 2.09. The smallest absolute Gasteiger partial charge is 0.239 e. The topological polar surface area (TPSA) is 72.7 Å². The van der Waals surface area contributed by atoms with Gasteiger partial charge in [0.15, 0.2) is 10.3 Å². The maximum atomic E-state index is 12.4. The number of hydrogen-bond donors (Lipinski definition) is 1. The van der Waals surface area contributed by atoms with Gasteiger partial charge in [-0.3, -0.25) is 4.79 Å². The van der Waals surface area contributed by atoms with Gasteiger partial charge in [0.25, 0.3) is 0 Å². The van der Waals surface area contributed by atoms with E-state index in [0.717, 1.165) is 11.3 Å². The highest BCUT2D eigenvalue weighted by Crippen LogP contribution is 2.26. The number of nitrogens with one attached hydrogen (secondary N) is 1. The van der Waals surface area contributed by atoms with Gasteiger partial charge in [0, 0.05) is 17.5 Å². The average Bonchev–Trinajstić information content (AvgIpc) is 3.26. The van der Waals surface area contributed by atoms with Crippen LogP contribution in [0, 0.1) is 0 Å². The lowest BCUT2D eigenvalue weighted by atomic mass is 10.2. The van der Waals surface area contributed by atoms with Crippen LogP contribution >= 0.6 is 23.1 Å². The van der Waals surface area contributed by atoms with Crippen LogP contribution in [0.5, 0.6) is 0 Å². The van der Waals surface area contributed by atoms with E-state index in [0.29, 0.717) is 16.8 Å². The van der Waals surface area contributed by atoms with Crippen LogP contribution in [0.4, 0.5) is 5.13 Å². The number of benzene rings is 1. The summed E-state index contributed by atoms with van der Waals surface area (Å²) in [5, 5.41) is 13.7. The Hall–Kier alpha value is -2.45. The molecule has 0 aliphatic heterocycles. The van der Waals surface area contributed by atoms with Crippen molar-refractivity contribution in [2.45, 2.75) is 23.9 Å². The molecule has 0 bridgehead atoms. The quantitative estimate of drug-likeness (QED) is 0.506. The van der Waals surface area contributed by atoms with E-state index >= 15 is 0 Å². The third kappa shape index (κ3) is 4.34. The first-order chi connectivity index (χ1) is 12.2. The fraction of sp³-hybridized carbons (Fsp3) is 0.176. The molecule has 1 N–H and O–H groups in total. The third-order valence-electron chi connectivity index (χ3n) is 3.36. The Morgan fingerprint density at radius 2 is 2.24 bits per heavy atom. The first-order valence-corrected chi connectivity index (χ1v) is 9.40. The monoisotopic (exact) mass is 371 g/mol. The molecule has 0 aliphatic carbocycles. The van der Waals surface area contributed by atoms with E-state index in [4.69, 9.17) is 0 Å². The van der Waals surface area contributed by atoms with Crippen molar-refractivity contribution in [1.82, 2.24) is 19.7 Å². The Labute approximate surface area is 154 Å². The van der Waals surface area contributed by atoms with Crippen LogP contribution in [-0.4, -0.2) is 30.9 Å². The molecule has 0 spiro atoms. The van der Waals surface area contributed by atoms with Gasteiger partial charge < -0.3 is 9.88 Å². The van der Waals surface area contributed by atoms with Crippen molar-refractivity contribution in [3.05, 3.63) is 54.7 Å². The van der Waals surface area contributed by atoms with Gasteiger partial charge in [-0.1, -0.05) is 48.2 Å². The highest BCUT2D eigenvalue weighted by atomic mass is 32.2. The van der Waals surface area contributed by atoms with Gasteiger partial charge in [0.1, 0.15) is 6.33 Å². The van der Waals surface area contributed by atoms with Crippen LogP contribution in [0.15, 0.2) is 59.9 Å². The van der Waals surface area contributed by atoms with Crippen LogP contribution in [0.25, 0.3) is 11.3 Å². The number of amides is 1. The first-order valence-electron chi connectivity index (χ1n) is 7.64. The molecule has 128 valence electrons. The molecular weight excluding hydrogens is 354 g/mol. The van der Waals surface area contributed by atoms with Crippen molar-refractivity contribution in [2.75, 3.05) is 5.32 Å². The summed E-state index contributed by atoms with van der Waals surface area (Å²) in [5.74, 6) is -0.118. The molecule has 3 rings (SSSR count). The molecule has 1 aromatic carbocycles. The predicted molar refractivity (Wildman–Crippen MR) is 102 cm³/mol. The number of hydrogen-bond acceptors (Lipinski definition) is 6. The van der Waals surface area contributed by atoms with Crippen molar-refractivity contribution in [3.63, 3.8) is 0 Å². The largest absolute Gasteiger partial charge is 0.305 e. The summed E-state index contributed by atoms with van der Waals surface area (Å²) < 4.78 is 1.85. The number of nitrogens with zero attached hydrogens (tertiary/aromatic N) is 4. The van der Waals surface area contributed by atoms with Crippen LogP contribution in [-0.2, 0) is 11.3 Å². The van der Waals surface area contributed by atoms with Crippen LogP contribution in [0.2, 0.25) is 0 Å². The molecule has 8 heteroatoms. The minimum atomic E-state index is -0.322. The van der Waals surface area contributed by atoms with E-state index in [1.54, 1.807) is 12.4 Å². The number of thiazole rings is 1. The van der Waals surface area contributed by atoms with Gasteiger partial charge in [-0.05, 0) is 6.92 Å². The maximum absolute atomic E-state index is 12.4. The minimum Gasteiger partial charge on any atom is -0.305 e. The minimum absolute atomic E-state index is 0.118. The number of carbonyl (C=O) groups is 1. The second kappa shape index (κ2) is 8.09. The van der Waals surface area contributed by atoms with Gasteiger partial charge >= 0.3 is 0 Å². The Kier molecular flexibility index (Phi) is 5.62. The number of carbonyl (C=O) groups excluding carboxylic acids is 1. The molecule has 2 heterocycles.